The first-order valence-corrected chi connectivity index (χ1v) is 8.65. The van der Waals surface area contributed by atoms with Crippen LogP contribution in [-0.4, -0.2) is 27.6 Å². The second-order valence-corrected chi connectivity index (χ2v) is 6.41. The first-order valence-electron chi connectivity index (χ1n) is 7.71. The fourth-order valence-electron chi connectivity index (χ4n) is 2.78. The number of hydrogen-bond donors (Lipinski definition) is 1. The second kappa shape index (κ2) is 6.62. The van der Waals surface area contributed by atoms with Crippen molar-refractivity contribution in [2.24, 2.45) is 0 Å². The van der Waals surface area contributed by atoms with Crippen LogP contribution in [0.25, 0.3) is 11.3 Å². The van der Waals surface area contributed by atoms with Crippen LogP contribution in [-0.2, 0) is 24.4 Å². The van der Waals surface area contributed by atoms with E-state index in [9.17, 15) is 0 Å². The molecule has 0 amide bonds. The van der Waals surface area contributed by atoms with E-state index in [1.165, 1.54) is 5.56 Å². The van der Waals surface area contributed by atoms with Crippen LogP contribution < -0.4 is 5.32 Å². The number of ether oxygens (including phenoxy) is 1. The van der Waals surface area contributed by atoms with Gasteiger partial charge >= 0.3 is 0 Å². The van der Waals surface area contributed by atoms with E-state index >= 15 is 0 Å². The molecule has 1 aliphatic heterocycles. The Morgan fingerprint density at radius 1 is 1.26 bits per heavy atom. The summed E-state index contributed by atoms with van der Waals surface area (Å²) in [5, 5.41) is 16.3. The van der Waals surface area contributed by atoms with Crippen LogP contribution in [0.3, 0.4) is 0 Å². The van der Waals surface area contributed by atoms with Crippen LogP contribution in [0.4, 0.5) is 0 Å². The number of benzene rings is 1. The molecule has 1 aromatic carbocycles. The zero-order valence-electron chi connectivity index (χ0n) is 12.7. The van der Waals surface area contributed by atoms with Gasteiger partial charge in [0.05, 0.1) is 24.9 Å². The van der Waals surface area contributed by atoms with Gasteiger partial charge in [-0.05, 0) is 22.4 Å². The number of fused-ring (bicyclic) bond motifs is 1. The lowest BCUT2D eigenvalue weighted by molar-refractivity contribution is 0.00126. The maximum Gasteiger partial charge on any atom is 0.118 e. The molecule has 3 aromatic rings. The number of thiophene rings is 1. The third kappa shape index (κ3) is 3.19. The Morgan fingerprint density at radius 2 is 2.17 bits per heavy atom. The SMILES string of the molecule is c1ccc(-c2nnn3c2CO[C@@H](CNCc2ccsc2)C3)cc1. The highest BCUT2D eigenvalue weighted by Crippen LogP contribution is 2.24. The number of nitrogens with zero attached hydrogens (tertiary/aromatic N) is 3. The lowest BCUT2D eigenvalue weighted by atomic mass is 10.1. The summed E-state index contributed by atoms with van der Waals surface area (Å²) >= 11 is 1.72. The Kier molecular flexibility index (Phi) is 4.19. The summed E-state index contributed by atoms with van der Waals surface area (Å²) < 4.78 is 7.96. The van der Waals surface area contributed by atoms with Crippen molar-refractivity contribution in [2.75, 3.05) is 6.54 Å². The molecule has 23 heavy (non-hydrogen) atoms. The van der Waals surface area contributed by atoms with Gasteiger partial charge in [-0.25, -0.2) is 4.68 Å². The molecule has 2 aromatic heterocycles. The minimum Gasteiger partial charge on any atom is -0.369 e. The fraction of sp³-hybridized carbons (Fsp3) is 0.294. The number of aromatic nitrogens is 3. The summed E-state index contributed by atoms with van der Waals surface area (Å²) in [7, 11) is 0. The molecule has 6 heteroatoms. The van der Waals surface area contributed by atoms with Crippen LogP contribution in [0.1, 0.15) is 11.3 Å². The molecule has 5 nitrogen and oxygen atoms in total. The van der Waals surface area contributed by atoms with Crippen molar-refractivity contribution >= 4 is 11.3 Å². The van der Waals surface area contributed by atoms with Gasteiger partial charge in [0.1, 0.15) is 5.69 Å². The van der Waals surface area contributed by atoms with Gasteiger partial charge < -0.3 is 10.1 Å². The summed E-state index contributed by atoms with van der Waals surface area (Å²) in [5.74, 6) is 0. The largest absolute Gasteiger partial charge is 0.369 e. The van der Waals surface area contributed by atoms with Crippen LogP contribution in [0.2, 0.25) is 0 Å². The molecule has 1 aliphatic rings. The van der Waals surface area contributed by atoms with Gasteiger partial charge in [-0.3, -0.25) is 0 Å². The lowest BCUT2D eigenvalue weighted by Gasteiger charge is -2.24. The second-order valence-electron chi connectivity index (χ2n) is 5.63. The molecule has 0 fully saturated rings. The molecule has 0 aliphatic carbocycles. The summed E-state index contributed by atoms with van der Waals surface area (Å²) in [6, 6.07) is 12.3. The van der Waals surface area contributed by atoms with Crippen LogP contribution in [0.5, 0.6) is 0 Å². The van der Waals surface area contributed by atoms with Crippen LogP contribution in [0, 0.1) is 0 Å². The third-order valence-electron chi connectivity index (χ3n) is 4.00. The third-order valence-corrected chi connectivity index (χ3v) is 4.73. The van der Waals surface area contributed by atoms with Gasteiger partial charge in [0, 0.05) is 18.7 Å². The van der Waals surface area contributed by atoms with E-state index < -0.39 is 0 Å². The topological polar surface area (TPSA) is 52.0 Å². The molecule has 118 valence electrons. The summed E-state index contributed by atoms with van der Waals surface area (Å²) in [6.45, 7) is 2.99. The Balaban J connectivity index is 1.39. The zero-order valence-corrected chi connectivity index (χ0v) is 13.5. The summed E-state index contributed by atoms with van der Waals surface area (Å²) in [6.07, 6.45) is 0.131. The normalized spacial score (nSPS) is 17.1. The van der Waals surface area contributed by atoms with Crippen molar-refractivity contribution in [3.63, 3.8) is 0 Å². The van der Waals surface area contributed by atoms with Gasteiger partial charge in [0.15, 0.2) is 0 Å². The van der Waals surface area contributed by atoms with Crippen LogP contribution >= 0.6 is 11.3 Å². The molecular formula is C17H18N4OS. The lowest BCUT2D eigenvalue weighted by Crippen LogP contribution is -2.36. The van der Waals surface area contributed by atoms with E-state index in [-0.39, 0.29) is 6.10 Å². The quantitative estimate of drug-likeness (QED) is 0.783. The van der Waals surface area contributed by atoms with E-state index in [1.807, 2.05) is 22.9 Å². The van der Waals surface area contributed by atoms with E-state index in [2.05, 4.69) is 44.6 Å². The maximum atomic E-state index is 5.98. The zero-order chi connectivity index (χ0) is 15.5. The number of nitrogens with one attached hydrogen (secondary N) is 1. The van der Waals surface area contributed by atoms with Gasteiger partial charge in [-0.1, -0.05) is 35.5 Å². The first-order chi connectivity index (χ1) is 11.4. The molecule has 1 atom stereocenters. The first kappa shape index (κ1) is 14.6. The van der Waals surface area contributed by atoms with Gasteiger partial charge in [-0.15, -0.1) is 5.10 Å². The van der Waals surface area contributed by atoms with Crippen molar-refractivity contribution in [1.82, 2.24) is 20.3 Å². The average molecular weight is 326 g/mol. The maximum absolute atomic E-state index is 5.98. The van der Waals surface area contributed by atoms with Gasteiger partial charge in [0.25, 0.3) is 0 Å². The summed E-state index contributed by atoms with van der Waals surface area (Å²) in [4.78, 5) is 0. The minimum absolute atomic E-state index is 0.131. The highest BCUT2D eigenvalue weighted by atomic mass is 32.1. The Bertz CT molecular complexity index is 754. The van der Waals surface area contributed by atoms with E-state index in [1.54, 1.807) is 11.3 Å². The van der Waals surface area contributed by atoms with E-state index in [0.29, 0.717) is 6.61 Å². The average Bonchev–Trinajstić information content (AvgIpc) is 3.25. The Morgan fingerprint density at radius 3 is 3.00 bits per heavy atom. The van der Waals surface area contributed by atoms with Crippen LogP contribution in [0.15, 0.2) is 47.2 Å². The molecule has 0 saturated heterocycles. The smallest absolute Gasteiger partial charge is 0.118 e. The molecule has 0 spiro atoms. The predicted octanol–water partition coefficient (Wildman–Crippen LogP) is 2.70. The van der Waals surface area contributed by atoms with Crippen molar-refractivity contribution in [3.05, 3.63) is 58.4 Å². The van der Waals surface area contributed by atoms with Gasteiger partial charge in [0.2, 0.25) is 0 Å². The van der Waals surface area contributed by atoms with E-state index in [0.717, 1.165) is 36.6 Å². The molecule has 0 radical (unpaired) electrons. The molecule has 0 bridgehead atoms. The Hall–Kier alpha value is -2.02. The van der Waals surface area contributed by atoms with Crippen molar-refractivity contribution in [2.45, 2.75) is 25.8 Å². The number of rotatable bonds is 5. The molecule has 0 saturated carbocycles. The molecule has 4 rings (SSSR count). The molecule has 3 heterocycles. The van der Waals surface area contributed by atoms with E-state index in [4.69, 9.17) is 4.74 Å². The highest BCUT2D eigenvalue weighted by molar-refractivity contribution is 7.07. The number of hydrogen-bond acceptors (Lipinski definition) is 5. The van der Waals surface area contributed by atoms with Gasteiger partial charge in [-0.2, -0.15) is 11.3 Å². The molecule has 1 N–H and O–H groups in total. The molecule has 0 unspecified atom stereocenters. The van der Waals surface area contributed by atoms with Crippen molar-refractivity contribution < 1.29 is 4.74 Å². The fourth-order valence-corrected chi connectivity index (χ4v) is 3.45. The monoisotopic (exact) mass is 326 g/mol. The predicted molar refractivity (Wildman–Crippen MR) is 90.1 cm³/mol. The summed E-state index contributed by atoms with van der Waals surface area (Å²) in [5.41, 5.74) is 4.39. The van der Waals surface area contributed by atoms with Crippen molar-refractivity contribution in [3.8, 4) is 11.3 Å². The highest BCUT2D eigenvalue weighted by Gasteiger charge is 2.23. The Labute approximate surface area is 138 Å². The molecular weight excluding hydrogens is 308 g/mol. The minimum atomic E-state index is 0.131. The van der Waals surface area contributed by atoms with Crippen molar-refractivity contribution in [1.29, 1.82) is 0 Å². The standard InChI is InChI=1S/C17H18N4OS/c1-2-4-14(5-3-1)17-16-11-22-15(10-21(16)20-19-17)9-18-8-13-6-7-23-12-13/h1-7,12,15,18H,8-11H2/t15-/m0/s1.